The minimum Gasteiger partial charge on any atom is -0.353 e. The first-order valence-electron chi connectivity index (χ1n) is 6.80. The van der Waals surface area contributed by atoms with E-state index in [-0.39, 0.29) is 0 Å². The number of carbonyl (C=O) groups is 1. The van der Waals surface area contributed by atoms with Gasteiger partial charge in [-0.1, -0.05) is 6.92 Å². The number of nitrogens with zero attached hydrogens (tertiary/aromatic N) is 3. The van der Waals surface area contributed by atoms with Gasteiger partial charge in [0.1, 0.15) is 5.82 Å². The van der Waals surface area contributed by atoms with Crippen molar-refractivity contribution >= 4 is 27.7 Å². The van der Waals surface area contributed by atoms with E-state index in [1.54, 1.807) is 0 Å². The fourth-order valence-electron chi connectivity index (χ4n) is 2.61. The first-order chi connectivity index (χ1) is 9.15. The molecule has 2 aliphatic rings. The third-order valence-corrected chi connectivity index (χ3v) is 4.52. The normalized spacial score (nSPS) is 26.4. The van der Waals surface area contributed by atoms with E-state index in [0.29, 0.717) is 17.7 Å². The summed E-state index contributed by atoms with van der Waals surface area (Å²) < 4.78 is 0.993. The molecule has 4 nitrogen and oxygen atoms in total. The molecule has 0 unspecified atom stereocenters. The lowest BCUT2D eigenvalue weighted by atomic mass is 10.2. The fraction of sp³-hybridized carbons (Fsp3) is 0.571. The summed E-state index contributed by atoms with van der Waals surface area (Å²) in [4.78, 5) is 20.8. The Morgan fingerprint density at radius 2 is 2.00 bits per heavy atom. The highest BCUT2D eigenvalue weighted by Gasteiger charge is 2.41. The second-order valence-corrected chi connectivity index (χ2v) is 6.38. The molecule has 2 fully saturated rings. The van der Waals surface area contributed by atoms with Crippen LogP contribution in [0.5, 0.6) is 0 Å². The first kappa shape index (κ1) is 12.9. The topological polar surface area (TPSA) is 36.4 Å². The van der Waals surface area contributed by atoms with Gasteiger partial charge in [-0.05, 0) is 40.4 Å². The molecule has 2 atom stereocenters. The molecule has 0 N–H and O–H groups in total. The molecule has 1 aromatic heterocycles. The Balaban J connectivity index is 1.57. The van der Waals surface area contributed by atoms with Crippen LogP contribution in [0.2, 0.25) is 0 Å². The van der Waals surface area contributed by atoms with E-state index in [2.05, 4.69) is 32.7 Å². The van der Waals surface area contributed by atoms with Crippen LogP contribution in [-0.2, 0) is 4.79 Å². The predicted octanol–water partition coefficient (Wildman–Crippen LogP) is 2.15. The number of anilines is 1. The highest BCUT2D eigenvalue weighted by Crippen LogP contribution is 2.39. The molecule has 1 aliphatic heterocycles. The molecule has 0 aromatic carbocycles. The molecule has 0 bridgehead atoms. The van der Waals surface area contributed by atoms with Crippen molar-refractivity contribution in [1.29, 1.82) is 0 Å². The standard InChI is InChI=1S/C14H18BrN3O/c1-10-8-12(10)14(19)18-6-4-17(5-7-18)13-3-2-11(15)9-16-13/h2-3,9-10,12H,4-8H2,1H3/t10-,12-/m1/s1. The number of rotatable bonds is 2. The maximum atomic E-state index is 12.1. The van der Waals surface area contributed by atoms with Gasteiger partial charge < -0.3 is 9.80 Å². The molecule has 1 saturated carbocycles. The van der Waals surface area contributed by atoms with Gasteiger partial charge in [0.2, 0.25) is 5.91 Å². The Morgan fingerprint density at radius 3 is 2.53 bits per heavy atom. The number of halogens is 1. The summed E-state index contributed by atoms with van der Waals surface area (Å²) in [6.07, 6.45) is 2.89. The lowest BCUT2D eigenvalue weighted by Gasteiger charge is -2.35. The van der Waals surface area contributed by atoms with E-state index in [4.69, 9.17) is 0 Å². The molecule has 5 heteroatoms. The van der Waals surface area contributed by atoms with Crippen molar-refractivity contribution in [2.75, 3.05) is 31.1 Å². The van der Waals surface area contributed by atoms with Gasteiger partial charge in [-0.25, -0.2) is 4.98 Å². The predicted molar refractivity (Wildman–Crippen MR) is 78.0 cm³/mol. The minimum atomic E-state index is 0.303. The zero-order chi connectivity index (χ0) is 13.4. The van der Waals surface area contributed by atoms with E-state index in [9.17, 15) is 4.79 Å². The summed E-state index contributed by atoms with van der Waals surface area (Å²) >= 11 is 3.39. The van der Waals surface area contributed by atoms with Crippen LogP contribution < -0.4 is 4.90 Å². The van der Waals surface area contributed by atoms with Crippen LogP contribution in [0.25, 0.3) is 0 Å². The maximum absolute atomic E-state index is 12.1. The number of piperazine rings is 1. The third kappa shape index (κ3) is 2.76. The summed E-state index contributed by atoms with van der Waals surface area (Å²) in [5.41, 5.74) is 0. The number of hydrogen-bond donors (Lipinski definition) is 0. The monoisotopic (exact) mass is 323 g/mol. The van der Waals surface area contributed by atoms with Gasteiger partial charge in [0.25, 0.3) is 0 Å². The van der Waals surface area contributed by atoms with Gasteiger partial charge >= 0.3 is 0 Å². The Bertz CT molecular complexity index is 468. The van der Waals surface area contributed by atoms with E-state index >= 15 is 0 Å². The quantitative estimate of drug-likeness (QED) is 0.836. The van der Waals surface area contributed by atoms with Crippen LogP contribution in [0.15, 0.2) is 22.8 Å². The number of carbonyl (C=O) groups excluding carboxylic acids is 1. The van der Waals surface area contributed by atoms with Crippen molar-refractivity contribution in [3.05, 3.63) is 22.8 Å². The van der Waals surface area contributed by atoms with E-state index in [1.165, 1.54) is 0 Å². The van der Waals surface area contributed by atoms with Crippen LogP contribution >= 0.6 is 15.9 Å². The maximum Gasteiger partial charge on any atom is 0.226 e. The van der Waals surface area contributed by atoms with E-state index in [0.717, 1.165) is 42.9 Å². The number of hydrogen-bond acceptors (Lipinski definition) is 3. The second-order valence-electron chi connectivity index (χ2n) is 5.47. The van der Waals surface area contributed by atoms with Gasteiger partial charge in [0, 0.05) is 42.8 Å². The lowest BCUT2D eigenvalue weighted by molar-refractivity contribution is -0.133. The third-order valence-electron chi connectivity index (χ3n) is 4.05. The molecule has 1 aliphatic carbocycles. The second kappa shape index (κ2) is 5.12. The molecular formula is C14H18BrN3O. The SMILES string of the molecule is C[C@@H]1C[C@H]1C(=O)N1CCN(c2ccc(Br)cn2)CC1. The van der Waals surface area contributed by atoms with Crippen molar-refractivity contribution in [2.45, 2.75) is 13.3 Å². The van der Waals surface area contributed by atoms with Gasteiger partial charge in [0.15, 0.2) is 0 Å². The summed E-state index contributed by atoms with van der Waals surface area (Å²) in [7, 11) is 0. The molecule has 19 heavy (non-hydrogen) atoms. The molecule has 1 saturated heterocycles. The van der Waals surface area contributed by atoms with Gasteiger partial charge in [-0.15, -0.1) is 0 Å². The number of pyridine rings is 1. The lowest BCUT2D eigenvalue weighted by Crippen LogP contribution is -2.49. The summed E-state index contributed by atoms with van der Waals surface area (Å²) in [6, 6.07) is 4.02. The average molecular weight is 324 g/mol. The molecular weight excluding hydrogens is 306 g/mol. The number of aromatic nitrogens is 1. The molecule has 0 spiro atoms. The van der Waals surface area contributed by atoms with Crippen molar-refractivity contribution in [3.63, 3.8) is 0 Å². The Labute approximate surface area is 121 Å². The summed E-state index contributed by atoms with van der Waals surface area (Å²) in [5, 5.41) is 0. The Kier molecular flexibility index (Phi) is 3.48. The van der Waals surface area contributed by atoms with Crippen LogP contribution in [0, 0.1) is 11.8 Å². The largest absolute Gasteiger partial charge is 0.353 e. The van der Waals surface area contributed by atoms with Crippen LogP contribution in [0.4, 0.5) is 5.82 Å². The van der Waals surface area contributed by atoms with Gasteiger partial charge in [-0.2, -0.15) is 0 Å². The van der Waals surface area contributed by atoms with E-state index in [1.807, 2.05) is 23.2 Å². The van der Waals surface area contributed by atoms with Crippen LogP contribution in [0.3, 0.4) is 0 Å². The van der Waals surface area contributed by atoms with Crippen molar-refractivity contribution in [2.24, 2.45) is 11.8 Å². The van der Waals surface area contributed by atoms with Crippen molar-refractivity contribution in [1.82, 2.24) is 9.88 Å². The Hall–Kier alpha value is -1.10. The first-order valence-corrected chi connectivity index (χ1v) is 7.60. The summed E-state index contributed by atoms with van der Waals surface area (Å²) in [6.45, 7) is 5.55. The smallest absolute Gasteiger partial charge is 0.226 e. The molecule has 2 heterocycles. The molecule has 102 valence electrons. The van der Waals surface area contributed by atoms with Crippen molar-refractivity contribution < 1.29 is 4.79 Å². The van der Waals surface area contributed by atoms with E-state index < -0.39 is 0 Å². The zero-order valence-corrected chi connectivity index (χ0v) is 12.6. The van der Waals surface area contributed by atoms with Gasteiger partial charge in [-0.3, -0.25) is 4.79 Å². The molecule has 3 rings (SSSR count). The van der Waals surface area contributed by atoms with Crippen LogP contribution in [0.1, 0.15) is 13.3 Å². The van der Waals surface area contributed by atoms with Gasteiger partial charge in [0.05, 0.1) is 0 Å². The fourth-order valence-corrected chi connectivity index (χ4v) is 2.85. The number of amides is 1. The molecule has 1 amide bonds. The summed E-state index contributed by atoms with van der Waals surface area (Å²) in [5.74, 6) is 2.25. The highest BCUT2D eigenvalue weighted by atomic mass is 79.9. The van der Waals surface area contributed by atoms with Crippen LogP contribution in [-0.4, -0.2) is 42.0 Å². The minimum absolute atomic E-state index is 0.303. The Morgan fingerprint density at radius 1 is 1.32 bits per heavy atom. The molecule has 0 radical (unpaired) electrons. The molecule has 1 aromatic rings. The average Bonchev–Trinajstić information content (AvgIpc) is 3.16. The highest BCUT2D eigenvalue weighted by molar-refractivity contribution is 9.10. The zero-order valence-electron chi connectivity index (χ0n) is 11.1. The van der Waals surface area contributed by atoms with Crippen molar-refractivity contribution in [3.8, 4) is 0 Å².